The summed E-state index contributed by atoms with van der Waals surface area (Å²) in [5.74, 6) is -1.98. The molecule has 0 radical (unpaired) electrons. The van der Waals surface area contributed by atoms with Crippen LogP contribution < -0.4 is 10.6 Å². The molecule has 21 heavy (non-hydrogen) atoms. The first-order valence-electron chi connectivity index (χ1n) is 6.38. The molecule has 0 spiro atoms. The fourth-order valence-corrected chi connectivity index (χ4v) is 1.65. The largest absolute Gasteiger partial charge is 0.380 e. The first kappa shape index (κ1) is 14.9. The maximum Gasteiger partial charge on any atom is 0.251 e. The summed E-state index contributed by atoms with van der Waals surface area (Å²) in [5.41, 5.74) is -0.345. The number of carbonyl (C=O) groups is 1. The van der Waals surface area contributed by atoms with Crippen LogP contribution >= 0.6 is 0 Å². The van der Waals surface area contributed by atoms with Crippen LogP contribution in [0.25, 0.3) is 0 Å². The number of nitrogens with one attached hydrogen (secondary N) is 2. The Kier molecular flexibility index (Phi) is 4.81. The molecule has 0 saturated carbocycles. The minimum atomic E-state index is -0.812. The molecule has 1 aromatic heterocycles. The second kappa shape index (κ2) is 6.78. The molecule has 0 atom stereocenters. The lowest BCUT2D eigenvalue weighted by Gasteiger charge is -2.09. The van der Waals surface area contributed by atoms with Crippen LogP contribution in [0, 0.1) is 11.6 Å². The van der Waals surface area contributed by atoms with Gasteiger partial charge in [-0.15, -0.1) is 0 Å². The maximum absolute atomic E-state index is 13.8. The minimum Gasteiger partial charge on any atom is -0.380 e. The van der Waals surface area contributed by atoms with Gasteiger partial charge < -0.3 is 15.2 Å². The van der Waals surface area contributed by atoms with Crippen LogP contribution in [0.15, 0.2) is 23.0 Å². The van der Waals surface area contributed by atoms with E-state index >= 15 is 0 Å². The number of aromatic nitrogens is 2. The number of nitrogens with zero attached hydrogens (tertiary/aromatic N) is 2. The van der Waals surface area contributed by atoms with Gasteiger partial charge in [-0.2, -0.15) is 4.98 Å². The highest BCUT2D eigenvalue weighted by molar-refractivity contribution is 5.94. The van der Waals surface area contributed by atoms with Crippen LogP contribution in [-0.2, 0) is 6.54 Å². The Morgan fingerprint density at radius 3 is 2.62 bits per heavy atom. The topological polar surface area (TPSA) is 80.0 Å². The van der Waals surface area contributed by atoms with Crippen molar-refractivity contribution in [2.45, 2.75) is 19.9 Å². The van der Waals surface area contributed by atoms with Crippen LogP contribution in [0.3, 0.4) is 0 Å². The molecule has 8 heteroatoms. The van der Waals surface area contributed by atoms with Crippen molar-refractivity contribution >= 4 is 11.6 Å². The average molecular weight is 296 g/mol. The summed E-state index contributed by atoms with van der Waals surface area (Å²) in [6.45, 7) is 2.33. The van der Waals surface area contributed by atoms with Gasteiger partial charge in [-0.25, -0.2) is 8.78 Å². The van der Waals surface area contributed by atoms with Gasteiger partial charge >= 0.3 is 0 Å². The van der Waals surface area contributed by atoms with E-state index in [0.29, 0.717) is 6.54 Å². The van der Waals surface area contributed by atoms with Crippen molar-refractivity contribution in [3.05, 3.63) is 41.5 Å². The van der Waals surface area contributed by atoms with E-state index in [1.165, 1.54) is 0 Å². The van der Waals surface area contributed by atoms with Crippen molar-refractivity contribution in [2.24, 2.45) is 0 Å². The van der Waals surface area contributed by atoms with Crippen LogP contribution in [-0.4, -0.2) is 22.6 Å². The summed E-state index contributed by atoms with van der Waals surface area (Å²) in [5, 5.41) is 8.58. The number of benzene rings is 1. The van der Waals surface area contributed by atoms with E-state index in [0.717, 1.165) is 24.9 Å². The van der Waals surface area contributed by atoms with E-state index in [9.17, 15) is 13.6 Å². The monoisotopic (exact) mass is 296 g/mol. The van der Waals surface area contributed by atoms with E-state index in [2.05, 4.69) is 25.3 Å². The molecule has 0 fully saturated rings. The Bertz CT molecular complexity index is 594. The molecule has 0 aliphatic rings. The van der Waals surface area contributed by atoms with E-state index < -0.39 is 17.5 Å². The predicted molar refractivity (Wildman–Crippen MR) is 70.6 cm³/mol. The van der Waals surface area contributed by atoms with Gasteiger partial charge in [-0.05, 0) is 18.6 Å². The smallest absolute Gasteiger partial charge is 0.251 e. The third-order valence-corrected chi connectivity index (χ3v) is 2.67. The number of rotatable bonds is 6. The highest BCUT2D eigenvalue weighted by Crippen LogP contribution is 2.20. The van der Waals surface area contributed by atoms with Crippen molar-refractivity contribution in [3.8, 4) is 0 Å². The second-order valence-corrected chi connectivity index (χ2v) is 4.27. The van der Waals surface area contributed by atoms with Gasteiger partial charge in [-0.3, -0.25) is 4.79 Å². The van der Waals surface area contributed by atoms with Gasteiger partial charge in [0.25, 0.3) is 5.91 Å². The molecule has 0 unspecified atom stereocenters. The Morgan fingerprint density at radius 2 is 2.05 bits per heavy atom. The Hall–Kier alpha value is -2.51. The summed E-state index contributed by atoms with van der Waals surface area (Å²) in [6, 6.07) is 1.96. The summed E-state index contributed by atoms with van der Waals surface area (Å²) in [4.78, 5) is 15.5. The van der Waals surface area contributed by atoms with Gasteiger partial charge in [-0.1, -0.05) is 12.1 Å². The molecule has 2 N–H and O–H groups in total. The van der Waals surface area contributed by atoms with Gasteiger partial charge in [0, 0.05) is 12.1 Å². The van der Waals surface area contributed by atoms with Gasteiger partial charge in [0.05, 0.1) is 6.54 Å². The van der Waals surface area contributed by atoms with E-state index in [4.69, 9.17) is 0 Å². The molecule has 0 saturated heterocycles. The fourth-order valence-electron chi connectivity index (χ4n) is 1.65. The lowest BCUT2D eigenvalue weighted by Crippen LogP contribution is -2.24. The van der Waals surface area contributed by atoms with Crippen LogP contribution in [0.1, 0.15) is 29.5 Å². The van der Waals surface area contributed by atoms with Crippen molar-refractivity contribution < 1.29 is 18.1 Å². The number of anilines is 1. The lowest BCUT2D eigenvalue weighted by molar-refractivity contribution is 0.0948. The van der Waals surface area contributed by atoms with Crippen LogP contribution in [0.4, 0.5) is 14.5 Å². The molecular weight excluding hydrogens is 282 g/mol. The molecule has 0 bridgehead atoms. The van der Waals surface area contributed by atoms with Crippen molar-refractivity contribution in [1.82, 2.24) is 15.5 Å². The van der Waals surface area contributed by atoms with Gasteiger partial charge in [0.15, 0.2) is 5.82 Å². The number of amides is 1. The molecular formula is C13H14F2N4O2. The summed E-state index contributed by atoms with van der Waals surface area (Å²) in [6.07, 6.45) is 1.85. The average Bonchev–Trinajstić information content (AvgIpc) is 2.97. The molecule has 2 aromatic rings. The van der Waals surface area contributed by atoms with Crippen molar-refractivity contribution in [2.75, 3.05) is 11.9 Å². The second-order valence-electron chi connectivity index (χ2n) is 4.27. The molecule has 2 rings (SSSR count). The highest BCUT2D eigenvalue weighted by atomic mass is 19.1. The van der Waals surface area contributed by atoms with Crippen molar-refractivity contribution in [1.29, 1.82) is 0 Å². The number of hydrogen-bond acceptors (Lipinski definition) is 5. The van der Waals surface area contributed by atoms with Crippen LogP contribution in [0.5, 0.6) is 0 Å². The summed E-state index contributed by atoms with van der Waals surface area (Å²) >= 11 is 0. The lowest BCUT2D eigenvalue weighted by atomic mass is 10.1. The number of halogens is 2. The van der Waals surface area contributed by atoms with E-state index in [-0.39, 0.29) is 23.6 Å². The number of carbonyl (C=O) groups excluding carboxylic acids is 1. The third kappa shape index (κ3) is 3.74. The van der Waals surface area contributed by atoms with E-state index in [1.807, 2.05) is 6.92 Å². The Morgan fingerprint density at radius 1 is 1.33 bits per heavy atom. The van der Waals surface area contributed by atoms with Gasteiger partial charge in [0.2, 0.25) is 6.39 Å². The minimum absolute atomic E-state index is 0.00834. The molecule has 0 aliphatic carbocycles. The normalized spacial score (nSPS) is 10.4. The van der Waals surface area contributed by atoms with Crippen molar-refractivity contribution in [3.63, 3.8) is 0 Å². The number of hydrogen-bond donors (Lipinski definition) is 2. The Labute approximate surface area is 119 Å². The molecule has 1 heterocycles. The van der Waals surface area contributed by atoms with E-state index in [1.54, 1.807) is 0 Å². The first-order valence-corrected chi connectivity index (χ1v) is 6.38. The predicted octanol–water partition coefficient (Wildman–Crippen LogP) is 2.10. The zero-order valence-electron chi connectivity index (χ0n) is 11.3. The van der Waals surface area contributed by atoms with Gasteiger partial charge in [0.1, 0.15) is 17.3 Å². The zero-order chi connectivity index (χ0) is 15.2. The zero-order valence-corrected chi connectivity index (χ0v) is 11.3. The highest BCUT2D eigenvalue weighted by Gasteiger charge is 2.15. The molecule has 6 nitrogen and oxygen atoms in total. The maximum atomic E-state index is 13.8. The summed E-state index contributed by atoms with van der Waals surface area (Å²) < 4.78 is 32.1. The van der Waals surface area contributed by atoms with Crippen LogP contribution in [0.2, 0.25) is 0 Å². The quantitative estimate of drug-likeness (QED) is 0.853. The summed E-state index contributed by atoms with van der Waals surface area (Å²) in [7, 11) is 0. The standard InChI is InChI=1S/C13H14F2N4O2/c1-2-3-16-12-9(14)4-8(5-10(12)15)13(20)17-6-11-18-7-21-19-11/h4-5,7,16H,2-3,6H2,1H3,(H,17,20). The third-order valence-electron chi connectivity index (χ3n) is 2.67. The molecule has 0 aliphatic heterocycles. The molecule has 112 valence electrons. The molecule has 1 aromatic carbocycles. The fraction of sp³-hybridized carbons (Fsp3) is 0.308. The first-order chi connectivity index (χ1) is 10.1. The Balaban J connectivity index is 2.07. The molecule has 1 amide bonds. The SMILES string of the molecule is CCCNc1c(F)cc(C(=O)NCc2ncon2)cc1F.